The predicted molar refractivity (Wildman–Crippen MR) is 157 cm³/mol. The molecule has 0 aliphatic carbocycles. The average Bonchev–Trinajstić information content (AvgIpc) is 3.44. The van der Waals surface area contributed by atoms with E-state index in [2.05, 4.69) is 38.1 Å². The molecule has 9 nitrogen and oxygen atoms in total. The van der Waals surface area contributed by atoms with Crippen molar-refractivity contribution in [1.82, 2.24) is 14.9 Å². The van der Waals surface area contributed by atoms with Crippen molar-refractivity contribution < 1.29 is 19.4 Å². The Morgan fingerprint density at radius 2 is 1.75 bits per heavy atom. The molecule has 1 aliphatic rings. The summed E-state index contributed by atoms with van der Waals surface area (Å²) in [5.74, 6) is -1.19. The van der Waals surface area contributed by atoms with Gasteiger partial charge >= 0.3 is 5.97 Å². The van der Waals surface area contributed by atoms with Gasteiger partial charge < -0.3 is 29.9 Å². The van der Waals surface area contributed by atoms with Gasteiger partial charge in [-0.2, -0.15) is 0 Å². The van der Waals surface area contributed by atoms with E-state index in [1.165, 1.54) is 7.11 Å². The normalized spacial score (nSPS) is 16.6. The number of nitrogens with zero attached hydrogens (tertiary/aromatic N) is 3. The van der Waals surface area contributed by atoms with E-state index in [-0.39, 0.29) is 30.2 Å². The van der Waals surface area contributed by atoms with Gasteiger partial charge in [0.15, 0.2) is 5.11 Å². The number of carbonyl (C=O) groups is 2. The van der Waals surface area contributed by atoms with Gasteiger partial charge in [-0.1, -0.05) is 6.07 Å². The van der Waals surface area contributed by atoms with Crippen LogP contribution in [0, 0.1) is 13.8 Å². The first-order chi connectivity index (χ1) is 19.3. The van der Waals surface area contributed by atoms with Gasteiger partial charge in [-0.25, -0.2) is 4.79 Å². The Hall–Kier alpha value is -4.54. The van der Waals surface area contributed by atoms with Crippen LogP contribution < -0.4 is 15.5 Å². The summed E-state index contributed by atoms with van der Waals surface area (Å²) < 4.78 is 7.02. The largest absolute Gasteiger partial charge is 0.478 e. The lowest BCUT2D eigenvalue weighted by Gasteiger charge is -2.28. The third-order valence-corrected chi connectivity index (χ3v) is 7.28. The average molecular weight is 556 g/mol. The van der Waals surface area contributed by atoms with E-state index in [0.29, 0.717) is 10.8 Å². The van der Waals surface area contributed by atoms with Crippen LogP contribution in [0.25, 0.3) is 5.69 Å². The van der Waals surface area contributed by atoms with E-state index in [0.717, 1.165) is 34.0 Å². The number of aromatic carboxylic acids is 1. The highest BCUT2D eigenvalue weighted by atomic mass is 32.1. The van der Waals surface area contributed by atoms with E-state index < -0.39 is 5.97 Å². The fourth-order valence-electron chi connectivity index (χ4n) is 5.22. The molecule has 5 rings (SSSR count). The van der Waals surface area contributed by atoms with E-state index in [1.54, 1.807) is 18.3 Å². The van der Waals surface area contributed by atoms with Crippen LogP contribution in [0.2, 0.25) is 0 Å². The minimum absolute atomic E-state index is 0.0234. The Morgan fingerprint density at radius 3 is 2.38 bits per heavy atom. The Balaban J connectivity index is 1.57. The smallest absolute Gasteiger partial charge is 0.335 e. The van der Waals surface area contributed by atoms with Crippen LogP contribution in [0.15, 0.2) is 79.0 Å². The molecule has 3 N–H and O–H groups in total. The quantitative estimate of drug-likeness (QED) is 0.262. The first-order valence-corrected chi connectivity index (χ1v) is 13.1. The summed E-state index contributed by atoms with van der Waals surface area (Å²) in [6, 6.07) is 21.9. The highest BCUT2D eigenvalue weighted by Gasteiger charge is 2.42. The van der Waals surface area contributed by atoms with Gasteiger partial charge in [-0.15, -0.1) is 0 Å². The number of carbonyl (C=O) groups excluding carboxylic acids is 1. The zero-order chi connectivity index (χ0) is 28.4. The molecule has 0 bridgehead atoms. The maximum atomic E-state index is 12.0. The number of ether oxygens (including phenoxy) is 1. The molecular weight excluding hydrogens is 526 g/mol. The van der Waals surface area contributed by atoms with Crippen LogP contribution in [0.3, 0.4) is 0 Å². The summed E-state index contributed by atoms with van der Waals surface area (Å²) in [4.78, 5) is 30.1. The number of hydrogen-bond donors (Lipinski definition) is 3. The van der Waals surface area contributed by atoms with Crippen LogP contribution >= 0.6 is 12.2 Å². The molecule has 204 valence electrons. The van der Waals surface area contributed by atoms with Crippen molar-refractivity contribution in [3.63, 3.8) is 0 Å². The number of benzene rings is 2. The molecule has 2 aromatic heterocycles. The number of rotatable bonds is 8. The topological polar surface area (TPSA) is 109 Å². The second-order valence-electron chi connectivity index (χ2n) is 9.54. The summed E-state index contributed by atoms with van der Waals surface area (Å²) in [6.45, 7) is 4.06. The number of hydrogen-bond acceptors (Lipinski definition) is 5. The van der Waals surface area contributed by atoms with Gasteiger partial charge in [0.25, 0.3) is 0 Å². The molecule has 3 heterocycles. The number of thiocarbonyl (C=S) groups is 1. The molecule has 0 saturated carbocycles. The number of carboxylic acids is 1. The molecule has 10 heteroatoms. The third kappa shape index (κ3) is 5.18. The van der Waals surface area contributed by atoms with Crippen molar-refractivity contribution in [3.05, 3.63) is 107 Å². The van der Waals surface area contributed by atoms with Crippen LogP contribution in [0.4, 0.5) is 11.4 Å². The van der Waals surface area contributed by atoms with Crippen molar-refractivity contribution in [2.24, 2.45) is 0 Å². The maximum Gasteiger partial charge on any atom is 0.335 e. The van der Waals surface area contributed by atoms with E-state index in [9.17, 15) is 14.7 Å². The SMILES string of the molecule is COCC(=O)Nc1ccc(N2C(=S)N[C@H](c3ccccn3)[C@H]2c2cc(C)n(-c3ccc(C(=O)O)cc3)c2C)cc1. The highest BCUT2D eigenvalue weighted by Crippen LogP contribution is 2.44. The van der Waals surface area contributed by atoms with Crippen molar-refractivity contribution in [3.8, 4) is 5.69 Å². The molecule has 0 unspecified atom stereocenters. The summed E-state index contributed by atoms with van der Waals surface area (Å²) in [5.41, 5.74) is 6.55. The van der Waals surface area contributed by atoms with Gasteiger partial charge in [-0.3, -0.25) is 9.78 Å². The lowest BCUT2D eigenvalue weighted by Crippen LogP contribution is -2.29. The molecule has 40 heavy (non-hydrogen) atoms. The van der Waals surface area contributed by atoms with Crippen molar-refractivity contribution >= 4 is 40.6 Å². The molecule has 2 atom stereocenters. The van der Waals surface area contributed by atoms with E-state index in [1.807, 2.05) is 61.5 Å². The standard InChI is InChI=1S/C30H29N5O4S/c1-18-16-24(19(2)34(18)22-11-7-20(8-12-22)29(37)38)28-27(25-6-4-5-15-31-25)33-30(40)35(28)23-13-9-21(10-14-23)32-26(36)17-39-3/h4-16,27-28H,17H2,1-3H3,(H,32,36)(H,33,40)(H,37,38)/t27-,28-/m1/s1. The molecule has 4 aromatic rings. The molecule has 1 fully saturated rings. The number of amides is 1. The molecule has 0 radical (unpaired) electrons. The number of aryl methyl sites for hydroxylation is 1. The van der Waals surface area contributed by atoms with Gasteiger partial charge in [0, 0.05) is 41.8 Å². The fraction of sp³-hybridized carbons (Fsp3) is 0.200. The van der Waals surface area contributed by atoms with Gasteiger partial charge in [-0.05, 0) is 98.4 Å². The zero-order valence-corrected chi connectivity index (χ0v) is 23.1. The lowest BCUT2D eigenvalue weighted by atomic mass is 9.96. The van der Waals surface area contributed by atoms with Crippen molar-refractivity contribution in [2.75, 3.05) is 23.9 Å². The van der Waals surface area contributed by atoms with Gasteiger partial charge in [0.1, 0.15) is 6.61 Å². The summed E-state index contributed by atoms with van der Waals surface area (Å²) in [5, 5.41) is 16.2. The highest BCUT2D eigenvalue weighted by molar-refractivity contribution is 7.80. The minimum Gasteiger partial charge on any atom is -0.478 e. The molecule has 1 saturated heterocycles. The summed E-state index contributed by atoms with van der Waals surface area (Å²) in [6.07, 6.45) is 1.77. The molecular formula is C30H29N5O4S. The number of aromatic nitrogens is 2. The predicted octanol–water partition coefficient (Wildman–Crippen LogP) is 4.95. The van der Waals surface area contributed by atoms with E-state index >= 15 is 0 Å². The lowest BCUT2D eigenvalue weighted by molar-refractivity contribution is -0.119. The fourth-order valence-corrected chi connectivity index (χ4v) is 5.57. The van der Waals surface area contributed by atoms with E-state index in [4.69, 9.17) is 17.0 Å². The monoisotopic (exact) mass is 555 g/mol. The van der Waals surface area contributed by atoms with Gasteiger partial charge in [0.05, 0.1) is 23.3 Å². The van der Waals surface area contributed by atoms with Crippen LogP contribution in [-0.2, 0) is 9.53 Å². The number of pyridine rings is 1. The summed E-state index contributed by atoms with van der Waals surface area (Å²) in [7, 11) is 1.48. The molecule has 2 aromatic carbocycles. The van der Waals surface area contributed by atoms with Gasteiger partial charge in [0.2, 0.25) is 5.91 Å². The Kier molecular flexibility index (Phi) is 7.63. The second kappa shape index (κ2) is 11.3. The minimum atomic E-state index is -0.961. The number of methoxy groups -OCH3 is 1. The Morgan fingerprint density at radius 1 is 1.05 bits per heavy atom. The molecule has 0 spiro atoms. The number of carboxylic acid groups (broad SMARTS) is 1. The number of anilines is 2. The van der Waals surface area contributed by atoms with Crippen LogP contribution in [-0.4, -0.2) is 45.4 Å². The van der Waals surface area contributed by atoms with Crippen molar-refractivity contribution in [1.29, 1.82) is 0 Å². The molecule has 1 aliphatic heterocycles. The summed E-state index contributed by atoms with van der Waals surface area (Å²) >= 11 is 5.87. The van der Waals surface area contributed by atoms with Crippen molar-refractivity contribution in [2.45, 2.75) is 25.9 Å². The zero-order valence-electron chi connectivity index (χ0n) is 22.3. The first kappa shape index (κ1) is 27.0. The number of nitrogens with one attached hydrogen (secondary N) is 2. The Labute approximate surface area is 237 Å². The molecule has 1 amide bonds. The maximum absolute atomic E-state index is 12.0. The van der Waals surface area contributed by atoms with Crippen LogP contribution in [0.1, 0.15) is 45.1 Å². The first-order valence-electron chi connectivity index (χ1n) is 12.7. The third-order valence-electron chi connectivity index (χ3n) is 6.96. The van der Waals surface area contributed by atoms with Crippen LogP contribution in [0.5, 0.6) is 0 Å². The Bertz CT molecular complexity index is 1550. The second-order valence-corrected chi connectivity index (χ2v) is 9.93.